The molecule has 76 valence electrons. The van der Waals surface area contributed by atoms with Crippen LogP contribution in [0.4, 0.5) is 0 Å². The summed E-state index contributed by atoms with van der Waals surface area (Å²) in [6.07, 6.45) is 2.05. The molecule has 1 atom stereocenters. The molecule has 0 fully saturated rings. The van der Waals surface area contributed by atoms with Gasteiger partial charge in [0.25, 0.3) is 0 Å². The molecule has 14 heavy (non-hydrogen) atoms. The first-order chi connectivity index (χ1) is 6.50. The van der Waals surface area contributed by atoms with Crippen LogP contribution in [-0.2, 0) is 0 Å². The van der Waals surface area contributed by atoms with Crippen LogP contribution in [0.15, 0.2) is 23.8 Å². The van der Waals surface area contributed by atoms with Crippen LogP contribution < -0.4 is 0 Å². The zero-order valence-electron chi connectivity index (χ0n) is 8.02. The van der Waals surface area contributed by atoms with E-state index >= 15 is 0 Å². The summed E-state index contributed by atoms with van der Waals surface area (Å²) >= 11 is 15.3. The lowest BCUT2D eigenvalue weighted by Gasteiger charge is -2.04. The minimum atomic E-state index is 0.356. The van der Waals surface area contributed by atoms with Crippen molar-refractivity contribution in [3.05, 3.63) is 39.4 Å². The van der Waals surface area contributed by atoms with Crippen molar-refractivity contribution < 1.29 is 0 Å². The van der Waals surface area contributed by atoms with E-state index in [9.17, 15) is 0 Å². The fourth-order valence-corrected chi connectivity index (χ4v) is 1.57. The lowest BCUT2D eigenvalue weighted by molar-refractivity contribution is 1.16. The molecule has 0 spiro atoms. The van der Waals surface area contributed by atoms with Crippen molar-refractivity contribution in [3.8, 4) is 0 Å². The molecule has 1 aromatic rings. The van der Waals surface area contributed by atoms with E-state index in [1.807, 2.05) is 12.1 Å². The summed E-state index contributed by atoms with van der Waals surface area (Å²) < 4.78 is 0. The number of halogens is 3. The highest BCUT2D eigenvalue weighted by Gasteiger charge is 2.02. The zero-order valence-corrected chi connectivity index (χ0v) is 11.1. The molecule has 0 saturated carbocycles. The Bertz CT molecular complexity index is 356. The quantitative estimate of drug-likeness (QED) is 0.659. The van der Waals surface area contributed by atoms with Crippen LogP contribution in [0.25, 0.3) is 6.08 Å². The molecule has 0 radical (unpaired) electrons. The van der Waals surface area contributed by atoms with E-state index in [1.165, 1.54) is 5.57 Å². The van der Waals surface area contributed by atoms with Crippen molar-refractivity contribution >= 4 is 45.2 Å². The zero-order chi connectivity index (χ0) is 10.7. The van der Waals surface area contributed by atoms with Gasteiger partial charge in [-0.3, -0.25) is 0 Å². The third-order valence-electron chi connectivity index (χ3n) is 1.97. The van der Waals surface area contributed by atoms with Crippen LogP contribution in [0.5, 0.6) is 0 Å². The van der Waals surface area contributed by atoms with Gasteiger partial charge in [-0.15, -0.1) is 0 Å². The Balaban J connectivity index is 3.03. The maximum Gasteiger partial charge on any atom is 0.0493 e. The second-order valence-electron chi connectivity index (χ2n) is 3.17. The normalized spacial score (nSPS) is 14.2. The number of hydrogen-bond donors (Lipinski definition) is 0. The molecule has 1 unspecified atom stereocenters. The van der Waals surface area contributed by atoms with E-state index in [0.717, 1.165) is 5.56 Å². The monoisotopic (exact) mass is 292 g/mol. The molecular formula is C11H11BrCl2. The summed E-state index contributed by atoms with van der Waals surface area (Å²) in [7, 11) is 0. The Kier molecular flexibility index (Phi) is 4.49. The van der Waals surface area contributed by atoms with Crippen molar-refractivity contribution in [2.75, 3.05) is 0 Å². The van der Waals surface area contributed by atoms with Gasteiger partial charge in [-0.05, 0) is 31.5 Å². The lowest BCUT2D eigenvalue weighted by atomic mass is 10.1. The maximum absolute atomic E-state index is 6.03. The third-order valence-corrected chi connectivity index (χ3v) is 3.26. The summed E-state index contributed by atoms with van der Waals surface area (Å²) in [4.78, 5) is 0.356. The molecular weight excluding hydrogens is 283 g/mol. The van der Waals surface area contributed by atoms with Gasteiger partial charge < -0.3 is 0 Å². The van der Waals surface area contributed by atoms with Gasteiger partial charge in [-0.1, -0.05) is 56.8 Å². The summed E-state index contributed by atoms with van der Waals surface area (Å²) in [6.45, 7) is 4.14. The number of allylic oxidation sites excluding steroid dienone is 1. The Morgan fingerprint density at radius 1 is 1.43 bits per heavy atom. The summed E-state index contributed by atoms with van der Waals surface area (Å²) in [6, 6.07) is 5.51. The minimum absolute atomic E-state index is 0.356. The smallest absolute Gasteiger partial charge is 0.0493 e. The van der Waals surface area contributed by atoms with Gasteiger partial charge in [0.2, 0.25) is 0 Å². The molecule has 0 aliphatic rings. The SMILES string of the molecule is C/C(=C\c1ccc(Cl)cc1Cl)C(C)Br. The molecule has 0 aliphatic heterocycles. The van der Waals surface area contributed by atoms with Crippen LogP contribution in [0, 0.1) is 0 Å². The van der Waals surface area contributed by atoms with Crippen LogP contribution in [0.3, 0.4) is 0 Å². The average molecular weight is 294 g/mol. The van der Waals surface area contributed by atoms with Crippen LogP contribution in [-0.4, -0.2) is 4.83 Å². The van der Waals surface area contributed by atoms with Crippen LogP contribution in [0.1, 0.15) is 19.4 Å². The van der Waals surface area contributed by atoms with Gasteiger partial charge in [-0.25, -0.2) is 0 Å². The number of rotatable bonds is 2. The fourth-order valence-electron chi connectivity index (χ4n) is 0.979. The van der Waals surface area contributed by atoms with Crippen LogP contribution in [0.2, 0.25) is 10.0 Å². The molecule has 3 heteroatoms. The largest absolute Gasteiger partial charge is 0.0845 e. The standard InChI is InChI=1S/C11H11BrCl2/c1-7(8(2)12)5-9-3-4-10(13)6-11(9)14/h3-6,8H,1-2H3/b7-5+. The molecule has 0 heterocycles. The highest BCUT2D eigenvalue weighted by molar-refractivity contribution is 9.09. The topological polar surface area (TPSA) is 0 Å². The Labute approximate surface area is 103 Å². The summed E-state index contributed by atoms with van der Waals surface area (Å²) in [5.41, 5.74) is 2.23. The van der Waals surface area contributed by atoms with Crippen LogP contribution >= 0.6 is 39.1 Å². The van der Waals surface area contributed by atoms with E-state index in [0.29, 0.717) is 14.9 Å². The molecule has 0 N–H and O–H groups in total. The second-order valence-corrected chi connectivity index (χ2v) is 5.39. The average Bonchev–Trinajstić information content (AvgIpc) is 2.09. The van der Waals surface area contributed by atoms with Crippen molar-refractivity contribution in [1.29, 1.82) is 0 Å². The van der Waals surface area contributed by atoms with Gasteiger partial charge in [0.15, 0.2) is 0 Å². The molecule has 0 bridgehead atoms. The van der Waals surface area contributed by atoms with Crippen molar-refractivity contribution in [2.45, 2.75) is 18.7 Å². The van der Waals surface area contributed by atoms with E-state index in [-0.39, 0.29) is 0 Å². The second kappa shape index (κ2) is 5.20. The summed E-state index contributed by atoms with van der Waals surface area (Å²) in [5.74, 6) is 0. The van der Waals surface area contributed by atoms with E-state index in [4.69, 9.17) is 23.2 Å². The lowest BCUT2D eigenvalue weighted by Crippen LogP contribution is -1.91. The highest BCUT2D eigenvalue weighted by Crippen LogP contribution is 2.24. The van der Waals surface area contributed by atoms with E-state index in [1.54, 1.807) is 6.07 Å². The van der Waals surface area contributed by atoms with E-state index in [2.05, 4.69) is 35.9 Å². The van der Waals surface area contributed by atoms with Gasteiger partial charge in [0.05, 0.1) is 0 Å². The predicted octanol–water partition coefficient (Wildman–Crippen LogP) is 5.18. The highest BCUT2D eigenvalue weighted by atomic mass is 79.9. The first-order valence-corrected chi connectivity index (χ1v) is 5.95. The molecule has 0 amide bonds. The molecule has 1 rings (SSSR count). The number of hydrogen-bond acceptors (Lipinski definition) is 0. The summed E-state index contributed by atoms with van der Waals surface area (Å²) in [5, 5.41) is 1.35. The van der Waals surface area contributed by atoms with Crippen molar-refractivity contribution in [3.63, 3.8) is 0 Å². The Morgan fingerprint density at radius 3 is 2.57 bits per heavy atom. The Hall–Kier alpha value is 0.0200. The number of benzene rings is 1. The predicted molar refractivity (Wildman–Crippen MR) is 68.5 cm³/mol. The van der Waals surface area contributed by atoms with Crippen molar-refractivity contribution in [1.82, 2.24) is 0 Å². The van der Waals surface area contributed by atoms with Crippen molar-refractivity contribution in [2.24, 2.45) is 0 Å². The molecule has 1 aromatic carbocycles. The van der Waals surface area contributed by atoms with Gasteiger partial charge in [-0.2, -0.15) is 0 Å². The maximum atomic E-state index is 6.03. The Morgan fingerprint density at radius 2 is 2.07 bits per heavy atom. The van der Waals surface area contributed by atoms with E-state index < -0.39 is 0 Å². The number of alkyl halides is 1. The third kappa shape index (κ3) is 3.30. The van der Waals surface area contributed by atoms with Gasteiger partial charge >= 0.3 is 0 Å². The molecule has 0 nitrogen and oxygen atoms in total. The molecule has 0 saturated heterocycles. The first kappa shape index (κ1) is 12.1. The van der Waals surface area contributed by atoms with Gasteiger partial charge in [0, 0.05) is 14.9 Å². The molecule has 0 aromatic heterocycles. The first-order valence-electron chi connectivity index (χ1n) is 4.28. The minimum Gasteiger partial charge on any atom is -0.0845 e. The fraction of sp³-hybridized carbons (Fsp3) is 0.273. The van der Waals surface area contributed by atoms with Gasteiger partial charge in [0.1, 0.15) is 0 Å². The molecule has 0 aliphatic carbocycles.